The lowest BCUT2D eigenvalue weighted by Gasteiger charge is -2.07. The molecule has 0 saturated heterocycles. The Kier molecular flexibility index (Phi) is 8.39. The lowest BCUT2D eigenvalue weighted by molar-refractivity contribution is 0.480. The van der Waals surface area contributed by atoms with Crippen molar-refractivity contribution in [2.45, 2.75) is 26.5 Å². The van der Waals surface area contributed by atoms with Gasteiger partial charge in [0, 0.05) is 10.8 Å². The molecule has 24 heteroatoms. The van der Waals surface area contributed by atoms with Crippen LogP contribution in [0, 0.1) is 6.92 Å². The Hall–Kier alpha value is -7.16. The van der Waals surface area contributed by atoms with Crippen LogP contribution in [0.4, 0.5) is 11.4 Å². The third-order valence-corrected chi connectivity index (χ3v) is 14.8. The zero-order valence-corrected chi connectivity index (χ0v) is 36.2. The average Bonchev–Trinajstić information content (AvgIpc) is 4.10. The number of aryl methyl sites for hydroxylation is 1. The SMILES string of the molecule is Cc1cc(-n2n3c4ccc5cc(S(=O)(=O)O)ccc5c4n23)ccc1N=Nc1ccc(C=Cc2ccc(-n3n4c5ccc6cc(S(=O)(=O)O)ccc6c5n34)cc2S(=O)(=O)O)c(S(=O)(=O)O)c1. The first kappa shape index (κ1) is 40.6. The summed E-state index contributed by atoms with van der Waals surface area (Å²) in [5, 5.41) is 11.1. The van der Waals surface area contributed by atoms with Crippen molar-refractivity contribution in [3.05, 3.63) is 132 Å². The summed E-state index contributed by atoms with van der Waals surface area (Å²) in [5.74, 6) is 0. The van der Waals surface area contributed by atoms with E-state index in [1.54, 1.807) is 62.6 Å². The minimum Gasteiger partial charge on any atom is -0.282 e. The Morgan fingerprint density at radius 1 is 0.462 bits per heavy atom. The molecule has 0 amide bonds. The third-order valence-electron chi connectivity index (χ3n) is 11.2. The molecule has 0 bridgehead atoms. The van der Waals surface area contributed by atoms with Gasteiger partial charge >= 0.3 is 0 Å². The monoisotopic (exact) mass is 952 g/mol. The van der Waals surface area contributed by atoms with Crippen LogP contribution in [-0.4, -0.2) is 80.0 Å². The Labute approximate surface area is 365 Å². The van der Waals surface area contributed by atoms with Crippen molar-refractivity contribution in [3.63, 3.8) is 0 Å². The number of rotatable bonds is 10. The summed E-state index contributed by atoms with van der Waals surface area (Å²) in [5.41, 5.74) is 5.52. The van der Waals surface area contributed by atoms with Gasteiger partial charge < -0.3 is 0 Å². The van der Waals surface area contributed by atoms with Crippen LogP contribution in [0.5, 0.6) is 0 Å². The smallest absolute Gasteiger partial charge is 0.282 e. The van der Waals surface area contributed by atoms with Gasteiger partial charge in [0.25, 0.3) is 40.5 Å². The number of azo groups is 1. The Morgan fingerprint density at radius 3 is 1.43 bits per heavy atom. The van der Waals surface area contributed by atoms with Crippen molar-refractivity contribution >= 4 is 108 Å². The highest BCUT2D eigenvalue weighted by Gasteiger charge is 2.29. The van der Waals surface area contributed by atoms with Crippen molar-refractivity contribution < 1.29 is 51.9 Å². The minimum atomic E-state index is -4.85. The fraction of sp³-hybridized carbons (Fsp3) is 0.0244. The van der Waals surface area contributed by atoms with Gasteiger partial charge in [-0.2, -0.15) is 53.5 Å². The van der Waals surface area contributed by atoms with Crippen LogP contribution in [0.25, 0.3) is 67.1 Å². The molecular formula is C41H28N8O12S4. The van der Waals surface area contributed by atoms with Gasteiger partial charge in [-0.05, 0) is 113 Å². The van der Waals surface area contributed by atoms with Gasteiger partial charge in [0.15, 0.2) is 0 Å². The molecule has 0 aliphatic heterocycles. The van der Waals surface area contributed by atoms with E-state index < -0.39 is 50.3 Å². The highest BCUT2D eigenvalue weighted by Crippen LogP contribution is 2.37. The molecule has 0 spiro atoms. The second-order valence-corrected chi connectivity index (χ2v) is 20.8. The molecule has 11 rings (SSSR count). The first-order valence-corrected chi connectivity index (χ1v) is 24.8. The zero-order valence-electron chi connectivity index (χ0n) is 32.9. The van der Waals surface area contributed by atoms with Gasteiger partial charge in [0.1, 0.15) is 31.9 Å². The van der Waals surface area contributed by atoms with Crippen molar-refractivity contribution in [1.29, 1.82) is 0 Å². The summed E-state index contributed by atoms with van der Waals surface area (Å²) in [6.45, 7) is 1.81. The maximum Gasteiger partial charge on any atom is 0.295 e. The molecule has 0 unspecified atom stereocenters. The molecule has 0 fully saturated rings. The molecule has 0 saturated carbocycles. The van der Waals surface area contributed by atoms with Crippen LogP contribution in [-0.2, 0) is 40.5 Å². The zero-order chi connectivity index (χ0) is 45.7. The second-order valence-electron chi connectivity index (χ2n) is 15.2. The summed E-state index contributed by atoms with van der Waals surface area (Å²) in [7, 11) is -18.5. The summed E-state index contributed by atoms with van der Waals surface area (Å²) in [6, 6.07) is 29.1. The molecule has 7 aromatic carbocycles. The molecule has 4 aromatic heterocycles. The molecule has 11 aromatic rings. The van der Waals surface area contributed by atoms with Gasteiger partial charge in [-0.3, -0.25) is 18.2 Å². The second kappa shape index (κ2) is 13.4. The van der Waals surface area contributed by atoms with E-state index in [9.17, 15) is 51.9 Å². The average molecular weight is 953 g/mol. The first-order valence-electron chi connectivity index (χ1n) is 19.0. The van der Waals surface area contributed by atoms with Crippen LogP contribution in [0.3, 0.4) is 0 Å². The normalized spacial score (nSPS) is 13.7. The third kappa shape index (κ3) is 6.53. The summed E-state index contributed by atoms with van der Waals surface area (Å²) in [6.07, 6.45) is 2.53. The van der Waals surface area contributed by atoms with Gasteiger partial charge in [-0.15, -0.1) is 18.5 Å². The largest absolute Gasteiger partial charge is 0.295 e. The number of fused-ring (bicyclic) bond motifs is 12. The lowest BCUT2D eigenvalue weighted by atomic mass is 10.1. The molecule has 0 aliphatic carbocycles. The summed E-state index contributed by atoms with van der Waals surface area (Å²) >= 11 is 0. The molecule has 328 valence electrons. The van der Waals surface area contributed by atoms with E-state index in [2.05, 4.69) is 10.2 Å². The highest BCUT2D eigenvalue weighted by atomic mass is 32.2. The minimum absolute atomic E-state index is 0.00393. The fourth-order valence-electron chi connectivity index (χ4n) is 8.14. The maximum atomic E-state index is 12.7. The molecule has 0 aliphatic rings. The van der Waals surface area contributed by atoms with Gasteiger partial charge in [-0.25, -0.2) is 0 Å². The van der Waals surface area contributed by atoms with Gasteiger partial charge in [0.2, 0.25) is 0 Å². The standard InChI is InChI=1S/C41H28N8O12S4/c1-23-18-29(44-46-36-16-6-26-19-31(62(50,51)52)11-13-33(26)40(36)48(44)46)10-15-35(23)43-42-28-8-4-24(38(21-28)64(56,57)58)2-3-25-5-9-30(22-39(25)65(59,60)61)45-47-37-17-7-27-20-32(63(53,54)55)12-14-34(27)41(37)49(45)47/h2-22H,1H3,(H,50,51,52)(H,53,54,55)(H,56,57,58)(H,59,60,61). The number of hydrogen-bond acceptors (Lipinski definition) is 10. The van der Waals surface area contributed by atoms with Crippen molar-refractivity contribution in [3.8, 4) is 11.4 Å². The molecule has 4 N–H and O–H groups in total. The van der Waals surface area contributed by atoms with E-state index in [0.717, 1.165) is 39.3 Å². The predicted molar refractivity (Wildman–Crippen MR) is 236 cm³/mol. The van der Waals surface area contributed by atoms with E-state index >= 15 is 0 Å². The van der Waals surface area contributed by atoms with Crippen molar-refractivity contribution in [2.75, 3.05) is 0 Å². The summed E-state index contributed by atoms with van der Waals surface area (Å²) < 4.78 is 144. The quantitative estimate of drug-likeness (QED) is 0.0596. The van der Waals surface area contributed by atoms with E-state index in [4.69, 9.17) is 0 Å². The Bertz CT molecular complexity index is 4380. The summed E-state index contributed by atoms with van der Waals surface area (Å²) in [4.78, 5) is 2.00. The number of nitrogens with zero attached hydrogens (tertiary/aromatic N) is 8. The van der Waals surface area contributed by atoms with Crippen LogP contribution < -0.4 is 0 Å². The predicted octanol–water partition coefficient (Wildman–Crippen LogP) is 7.34. The Morgan fingerprint density at radius 2 is 0.938 bits per heavy atom. The maximum absolute atomic E-state index is 12.7. The van der Waals surface area contributed by atoms with Crippen LogP contribution >= 0.6 is 0 Å². The highest BCUT2D eigenvalue weighted by molar-refractivity contribution is 7.86. The van der Waals surface area contributed by atoms with E-state index in [-0.39, 0.29) is 26.6 Å². The molecule has 65 heavy (non-hydrogen) atoms. The van der Waals surface area contributed by atoms with Gasteiger partial charge in [-0.1, -0.05) is 48.6 Å². The van der Waals surface area contributed by atoms with Gasteiger partial charge in [0.05, 0.1) is 32.5 Å². The molecule has 0 radical (unpaired) electrons. The topological polar surface area (TPSA) is 270 Å². The molecule has 0 atom stereocenters. The first-order chi connectivity index (χ1) is 30.7. The van der Waals surface area contributed by atoms with Crippen molar-refractivity contribution in [1.82, 2.24) is 28.1 Å². The van der Waals surface area contributed by atoms with E-state index in [1.165, 1.54) is 60.7 Å². The molecule has 4 heterocycles. The van der Waals surface area contributed by atoms with Crippen LogP contribution in [0.15, 0.2) is 145 Å². The lowest BCUT2D eigenvalue weighted by Crippen LogP contribution is -2.03. The van der Waals surface area contributed by atoms with E-state index in [0.29, 0.717) is 33.1 Å². The fourth-order valence-corrected chi connectivity index (χ4v) is 10.6. The number of hydrogen-bond donors (Lipinski definition) is 4. The van der Waals surface area contributed by atoms with Crippen LogP contribution in [0.1, 0.15) is 16.7 Å². The molecule has 20 nitrogen and oxygen atoms in total. The number of aromatic nitrogens is 6. The van der Waals surface area contributed by atoms with Crippen LogP contribution in [0.2, 0.25) is 0 Å². The van der Waals surface area contributed by atoms with Crippen molar-refractivity contribution in [2.24, 2.45) is 10.2 Å². The molecular weight excluding hydrogens is 925 g/mol. The Balaban J connectivity index is 0.859. The van der Waals surface area contributed by atoms with E-state index in [1.807, 2.05) is 33.1 Å². The number of benzene rings is 7.